The summed E-state index contributed by atoms with van der Waals surface area (Å²) in [6.45, 7) is 5.19. The number of hydrogen-bond donors (Lipinski definition) is 1. The van der Waals surface area contributed by atoms with E-state index in [-0.39, 0.29) is 10.6 Å². The molecule has 2 fully saturated rings. The summed E-state index contributed by atoms with van der Waals surface area (Å²) in [5.41, 5.74) is 0.874. The Morgan fingerprint density at radius 3 is 2.81 bits per heavy atom. The van der Waals surface area contributed by atoms with Gasteiger partial charge in [-0.2, -0.15) is 0 Å². The molecule has 0 aliphatic carbocycles. The summed E-state index contributed by atoms with van der Waals surface area (Å²) in [5.74, 6) is 1.54. The van der Waals surface area contributed by atoms with Crippen molar-refractivity contribution < 1.29 is 9.66 Å². The number of pyridine rings is 1. The first-order valence-electron chi connectivity index (χ1n) is 9.29. The lowest BCUT2D eigenvalue weighted by molar-refractivity contribution is -0.384. The van der Waals surface area contributed by atoms with E-state index in [1.54, 1.807) is 12.1 Å². The number of nitrogens with zero attached hydrogens (tertiary/aromatic N) is 3. The van der Waals surface area contributed by atoms with Crippen molar-refractivity contribution in [1.82, 2.24) is 9.88 Å². The third-order valence-electron chi connectivity index (χ3n) is 5.36. The molecule has 1 aromatic heterocycles. The molecule has 2 aliphatic rings. The summed E-state index contributed by atoms with van der Waals surface area (Å²) >= 11 is 0. The summed E-state index contributed by atoms with van der Waals surface area (Å²) in [6.07, 6.45) is 3.40. The second-order valence-corrected chi connectivity index (χ2v) is 7.28. The van der Waals surface area contributed by atoms with Crippen LogP contribution in [-0.4, -0.2) is 53.7 Å². The van der Waals surface area contributed by atoms with Gasteiger partial charge in [0.1, 0.15) is 5.82 Å². The van der Waals surface area contributed by atoms with Gasteiger partial charge in [-0.25, -0.2) is 4.98 Å². The number of ether oxygens (including phenoxy) is 1. The number of nitrogens with one attached hydrogen (secondary N) is 1. The Kier molecular flexibility index (Phi) is 4.99. The van der Waals surface area contributed by atoms with Crippen LogP contribution in [0, 0.1) is 16.0 Å². The Balaban J connectivity index is 1.34. The molecular formula is C19H24N4O3. The van der Waals surface area contributed by atoms with Crippen LogP contribution in [0.2, 0.25) is 0 Å². The van der Waals surface area contributed by atoms with Crippen molar-refractivity contribution in [3.63, 3.8) is 0 Å². The molecular weight excluding hydrogens is 332 g/mol. The number of nitro benzene ring substituents is 1. The summed E-state index contributed by atoms with van der Waals surface area (Å²) < 4.78 is 5.47. The second kappa shape index (κ2) is 7.55. The van der Waals surface area contributed by atoms with E-state index >= 15 is 0 Å². The minimum Gasteiger partial charge on any atom is -0.381 e. The number of piperidine rings is 1. The normalized spacial score (nSPS) is 21.9. The first-order chi connectivity index (χ1) is 12.7. The highest BCUT2D eigenvalue weighted by atomic mass is 16.6. The summed E-state index contributed by atoms with van der Waals surface area (Å²) in [4.78, 5) is 17.6. The van der Waals surface area contributed by atoms with Gasteiger partial charge in [0.15, 0.2) is 0 Å². The Labute approximate surface area is 152 Å². The van der Waals surface area contributed by atoms with E-state index in [9.17, 15) is 10.1 Å². The van der Waals surface area contributed by atoms with E-state index in [4.69, 9.17) is 4.74 Å². The van der Waals surface area contributed by atoms with Gasteiger partial charge >= 0.3 is 0 Å². The molecule has 3 heterocycles. The van der Waals surface area contributed by atoms with Crippen LogP contribution in [0.4, 0.5) is 11.5 Å². The van der Waals surface area contributed by atoms with Crippen molar-refractivity contribution in [3.8, 4) is 0 Å². The minimum absolute atomic E-state index is 0.0973. The molecule has 7 nitrogen and oxygen atoms in total. The van der Waals surface area contributed by atoms with Crippen LogP contribution in [-0.2, 0) is 4.74 Å². The molecule has 0 radical (unpaired) electrons. The van der Waals surface area contributed by atoms with E-state index in [2.05, 4.69) is 15.2 Å². The van der Waals surface area contributed by atoms with E-state index in [0.29, 0.717) is 12.0 Å². The fraction of sp³-hybridized carbons (Fsp3) is 0.526. The molecule has 1 unspecified atom stereocenters. The number of hydrogen-bond acceptors (Lipinski definition) is 6. The van der Waals surface area contributed by atoms with Crippen molar-refractivity contribution in [2.75, 3.05) is 38.2 Å². The highest BCUT2D eigenvalue weighted by molar-refractivity contribution is 5.82. The first-order valence-corrected chi connectivity index (χ1v) is 9.29. The van der Waals surface area contributed by atoms with E-state index in [1.165, 1.54) is 12.5 Å². The number of aromatic nitrogens is 1. The third-order valence-corrected chi connectivity index (χ3v) is 5.36. The van der Waals surface area contributed by atoms with Crippen LogP contribution in [0.5, 0.6) is 0 Å². The Hall–Kier alpha value is -2.25. The molecule has 26 heavy (non-hydrogen) atoms. The zero-order valence-electron chi connectivity index (χ0n) is 14.8. The molecule has 0 bridgehead atoms. The summed E-state index contributed by atoms with van der Waals surface area (Å²) in [7, 11) is 0. The number of nitro groups is 1. The fourth-order valence-electron chi connectivity index (χ4n) is 3.87. The van der Waals surface area contributed by atoms with E-state index < -0.39 is 0 Å². The van der Waals surface area contributed by atoms with Crippen LogP contribution >= 0.6 is 0 Å². The third kappa shape index (κ3) is 3.94. The largest absolute Gasteiger partial charge is 0.381 e. The van der Waals surface area contributed by atoms with Crippen LogP contribution < -0.4 is 5.32 Å². The molecule has 0 amide bonds. The minimum atomic E-state index is -0.378. The lowest BCUT2D eigenvalue weighted by atomic mass is 10.0. The Bertz CT molecular complexity index is 783. The van der Waals surface area contributed by atoms with Gasteiger partial charge < -0.3 is 15.0 Å². The van der Waals surface area contributed by atoms with Crippen LogP contribution in [0.3, 0.4) is 0 Å². The zero-order valence-corrected chi connectivity index (χ0v) is 14.8. The molecule has 1 N–H and O–H groups in total. The first kappa shape index (κ1) is 17.2. The fourth-order valence-corrected chi connectivity index (χ4v) is 3.87. The molecule has 4 rings (SSSR count). The van der Waals surface area contributed by atoms with Gasteiger partial charge in [-0.3, -0.25) is 10.1 Å². The molecule has 138 valence electrons. The number of benzene rings is 1. The molecule has 2 aromatic rings. The van der Waals surface area contributed by atoms with E-state index in [1.807, 2.05) is 12.1 Å². The Morgan fingerprint density at radius 1 is 1.23 bits per heavy atom. The molecule has 2 saturated heterocycles. The molecule has 2 aliphatic heterocycles. The molecule has 0 saturated carbocycles. The van der Waals surface area contributed by atoms with E-state index in [0.717, 1.165) is 62.4 Å². The standard InChI is InChI=1S/C19H24N4O3/c24-23(25)17-2-3-18-15(11-17)1-4-19(21-18)20-16-5-8-22(9-6-16)12-14-7-10-26-13-14/h1-4,11,14,16H,5-10,12-13H2,(H,20,21). The van der Waals surface area contributed by atoms with Crippen molar-refractivity contribution in [1.29, 1.82) is 0 Å². The number of rotatable bonds is 5. The highest BCUT2D eigenvalue weighted by Crippen LogP contribution is 2.23. The highest BCUT2D eigenvalue weighted by Gasteiger charge is 2.24. The quantitative estimate of drug-likeness (QED) is 0.655. The second-order valence-electron chi connectivity index (χ2n) is 7.28. The van der Waals surface area contributed by atoms with Gasteiger partial charge in [-0.15, -0.1) is 0 Å². The maximum atomic E-state index is 10.9. The predicted molar refractivity (Wildman–Crippen MR) is 100 cm³/mol. The lowest BCUT2D eigenvalue weighted by Crippen LogP contribution is -2.41. The van der Waals surface area contributed by atoms with Crippen molar-refractivity contribution in [2.45, 2.75) is 25.3 Å². The number of fused-ring (bicyclic) bond motifs is 1. The molecule has 0 spiro atoms. The number of non-ortho nitro benzene ring substituents is 1. The average Bonchev–Trinajstić information content (AvgIpc) is 3.16. The van der Waals surface area contributed by atoms with Gasteiger partial charge in [0.2, 0.25) is 0 Å². The smallest absolute Gasteiger partial charge is 0.270 e. The van der Waals surface area contributed by atoms with Crippen molar-refractivity contribution >= 4 is 22.4 Å². The van der Waals surface area contributed by atoms with Gasteiger partial charge in [0.25, 0.3) is 5.69 Å². The maximum absolute atomic E-state index is 10.9. The molecule has 1 atom stereocenters. The van der Waals surface area contributed by atoms with Crippen molar-refractivity contribution in [3.05, 3.63) is 40.4 Å². The van der Waals surface area contributed by atoms with Crippen LogP contribution in [0.25, 0.3) is 10.9 Å². The lowest BCUT2D eigenvalue weighted by Gasteiger charge is -2.33. The van der Waals surface area contributed by atoms with Gasteiger partial charge in [-0.05, 0) is 43.4 Å². The van der Waals surface area contributed by atoms with Gasteiger partial charge in [0, 0.05) is 49.8 Å². The van der Waals surface area contributed by atoms with Gasteiger partial charge in [-0.1, -0.05) is 0 Å². The number of likely N-dealkylation sites (tertiary alicyclic amines) is 1. The average molecular weight is 356 g/mol. The number of anilines is 1. The maximum Gasteiger partial charge on any atom is 0.270 e. The topological polar surface area (TPSA) is 80.5 Å². The summed E-state index contributed by atoms with van der Waals surface area (Å²) in [6, 6.07) is 9.02. The monoisotopic (exact) mass is 356 g/mol. The predicted octanol–water partition coefficient (Wildman–Crippen LogP) is 3.06. The SMILES string of the molecule is O=[N+]([O-])c1ccc2nc(NC3CCN(CC4CCOC4)CC3)ccc2c1. The van der Waals surface area contributed by atoms with Gasteiger partial charge in [0.05, 0.1) is 17.0 Å². The Morgan fingerprint density at radius 2 is 2.08 bits per heavy atom. The van der Waals surface area contributed by atoms with Crippen LogP contribution in [0.15, 0.2) is 30.3 Å². The summed E-state index contributed by atoms with van der Waals surface area (Å²) in [5, 5.41) is 15.2. The molecule has 1 aromatic carbocycles. The molecule has 7 heteroatoms. The van der Waals surface area contributed by atoms with Crippen LogP contribution in [0.1, 0.15) is 19.3 Å². The zero-order chi connectivity index (χ0) is 17.9. The van der Waals surface area contributed by atoms with Crippen molar-refractivity contribution in [2.24, 2.45) is 5.92 Å².